The van der Waals surface area contributed by atoms with E-state index in [0.29, 0.717) is 12.5 Å². The number of benzene rings is 2. The summed E-state index contributed by atoms with van der Waals surface area (Å²) in [6, 6.07) is 18.3. The first kappa shape index (κ1) is 14.8. The maximum Gasteiger partial charge on any atom is 0.120 e. The van der Waals surface area contributed by atoms with E-state index in [9.17, 15) is 0 Å². The lowest BCUT2D eigenvalue weighted by Crippen LogP contribution is -2.40. The molecule has 0 atom stereocenters. The molecular formula is C20H19N3O. The van der Waals surface area contributed by atoms with Crippen molar-refractivity contribution in [3.63, 3.8) is 0 Å². The van der Waals surface area contributed by atoms with Gasteiger partial charge in [0.05, 0.1) is 11.4 Å². The van der Waals surface area contributed by atoms with E-state index >= 15 is 0 Å². The number of nitrogens with one attached hydrogen (secondary N) is 1. The van der Waals surface area contributed by atoms with Gasteiger partial charge in [0.2, 0.25) is 0 Å². The predicted octanol–water partition coefficient (Wildman–Crippen LogP) is 3.41. The highest BCUT2D eigenvalue weighted by Crippen LogP contribution is 2.29. The summed E-state index contributed by atoms with van der Waals surface area (Å²) in [6.07, 6.45) is 3.52. The second-order valence-corrected chi connectivity index (χ2v) is 5.95. The van der Waals surface area contributed by atoms with Gasteiger partial charge in [0.1, 0.15) is 12.4 Å². The number of nitrogens with zero attached hydrogens (tertiary/aromatic N) is 2. The molecule has 4 heteroatoms. The van der Waals surface area contributed by atoms with Gasteiger partial charge in [0, 0.05) is 37.0 Å². The molecule has 0 bridgehead atoms. The lowest BCUT2D eigenvalue weighted by Gasteiger charge is -2.27. The van der Waals surface area contributed by atoms with Crippen LogP contribution in [0.15, 0.2) is 67.0 Å². The first-order valence-electron chi connectivity index (χ1n) is 8.19. The van der Waals surface area contributed by atoms with Crippen LogP contribution in [0.4, 0.5) is 0 Å². The van der Waals surface area contributed by atoms with Crippen molar-refractivity contribution < 1.29 is 4.74 Å². The molecule has 1 aliphatic rings. The molecule has 0 spiro atoms. The number of rotatable bonds is 5. The molecule has 1 aromatic heterocycles. The standard InChI is InChI=1S/C20H19N3O/c1-2-5-15(6-3-1)14-24-18-8-4-7-16(11-18)19-20(17-12-21-13-17)23-10-9-22-19/h1-11,17,21H,12-14H2. The van der Waals surface area contributed by atoms with E-state index in [-0.39, 0.29) is 0 Å². The van der Waals surface area contributed by atoms with Crippen molar-refractivity contribution in [3.05, 3.63) is 78.2 Å². The van der Waals surface area contributed by atoms with E-state index in [2.05, 4.69) is 33.5 Å². The highest BCUT2D eigenvalue weighted by atomic mass is 16.5. The van der Waals surface area contributed by atoms with E-state index in [1.807, 2.05) is 36.4 Å². The molecule has 0 amide bonds. The molecule has 1 N–H and O–H groups in total. The van der Waals surface area contributed by atoms with Gasteiger partial charge in [-0.1, -0.05) is 42.5 Å². The Morgan fingerprint density at radius 3 is 2.58 bits per heavy atom. The first-order valence-corrected chi connectivity index (χ1v) is 8.19. The van der Waals surface area contributed by atoms with Crippen LogP contribution in [-0.4, -0.2) is 23.1 Å². The van der Waals surface area contributed by atoms with Crippen molar-refractivity contribution in [1.82, 2.24) is 15.3 Å². The third kappa shape index (κ3) is 3.14. The van der Waals surface area contributed by atoms with Crippen LogP contribution in [0.2, 0.25) is 0 Å². The molecule has 2 heterocycles. The smallest absolute Gasteiger partial charge is 0.120 e. The Labute approximate surface area is 141 Å². The summed E-state index contributed by atoms with van der Waals surface area (Å²) in [4.78, 5) is 9.12. The summed E-state index contributed by atoms with van der Waals surface area (Å²) in [5, 5.41) is 3.30. The fourth-order valence-corrected chi connectivity index (χ4v) is 2.83. The number of hydrogen-bond donors (Lipinski definition) is 1. The van der Waals surface area contributed by atoms with Crippen molar-refractivity contribution in [3.8, 4) is 17.0 Å². The summed E-state index contributed by atoms with van der Waals surface area (Å²) in [5.41, 5.74) is 4.23. The van der Waals surface area contributed by atoms with E-state index in [1.54, 1.807) is 12.4 Å². The molecule has 2 aromatic carbocycles. The van der Waals surface area contributed by atoms with Gasteiger partial charge in [-0.3, -0.25) is 9.97 Å². The van der Waals surface area contributed by atoms with Crippen LogP contribution in [0.1, 0.15) is 17.2 Å². The minimum Gasteiger partial charge on any atom is -0.489 e. The summed E-state index contributed by atoms with van der Waals surface area (Å²) in [7, 11) is 0. The van der Waals surface area contributed by atoms with Gasteiger partial charge in [-0.15, -0.1) is 0 Å². The Morgan fingerprint density at radius 1 is 0.958 bits per heavy atom. The van der Waals surface area contributed by atoms with Crippen LogP contribution in [0.3, 0.4) is 0 Å². The predicted molar refractivity (Wildman–Crippen MR) is 93.9 cm³/mol. The SMILES string of the molecule is c1ccc(COc2cccc(-c3nccnc3C3CNC3)c2)cc1. The zero-order valence-corrected chi connectivity index (χ0v) is 13.4. The van der Waals surface area contributed by atoms with E-state index < -0.39 is 0 Å². The third-order valence-corrected chi connectivity index (χ3v) is 4.25. The molecule has 0 aliphatic carbocycles. The van der Waals surface area contributed by atoms with Crippen LogP contribution in [0.25, 0.3) is 11.3 Å². The largest absolute Gasteiger partial charge is 0.489 e. The fourth-order valence-electron chi connectivity index (χ4n) is 2.83. The minimum atomic E-state index is 0.447. The molecule has 120 valence electrons. The van der Waals surface area contributed by atoms with Crippen LogP contribution in [-0.2, 0) is 6.61 Å². The summed E-state index contributed by atoms with van der Waals surface area (Å²) in [6.45, 7) is 2.50. The van der Waals surface area contributed by atoms with Crippen molar-refractivity contribution in [2.24, 2.45) is 0 Å². The fraction of sp³-hybridized carbons (Fsp3) is 0.200. The van der Waals surface area contributed by atoms with E-state index in [0.717, 1.165) is 41.4 Å². The highest BCUT2D eigenvalue weighted by molar-refractivity contribution is 5.64. The third-order valence-electron chi connectivity index (χ3n) is 4.25. The first-order chi connectivity index (χ1) is 11.9. The van der Waals surface area contributed by atoms with Crippen molar-refractivity contribution in [1.29, 1.82) is 0 Å². The van der Waals surface area contributed by atoms with E-state index in [4.69, 9.17) is 4.74 Å². The quantitative estimate of drug-likeness (QED) is 0.783. The van der Waals surface area contributed by atoms with Gasteiger partial charge in [-0.05, 0) is 17.7 Å². The zero-order valence-electron chi connectivity index (χ0n) is 13.4. The van der Waals surface area contributed by atoms with Gasteiger partial charge in [-0.25, -0.2) is 0 Å². The van der Waals surface area contributed by atoms with Gasteiger partial charge in [-0.2, -0.15) is 0 Å². The van der Waals surface area contributed by atoms with Gasteiger partial charge in [0.15, 0.2) is 0 Å². The monoisotopic (exact) mass is 317 g/mol. The molecule has 0 radical (unpaired) electrons. The molecule has 1 fully saturated rings. The molecule has 24 heavy (non-hydrogen) atoms. The average molecular weight is 317 g/mol. The topological polar surface area (TPSA) is 47.0 Å². The second-order valence-electron chi connectivity index (χ2n) is 5.95. The number of aromatic nitrogens is 2. The van der Waals surface area contributed by atoms with E-state index in [1.165, 1.54) is 0 Å². The van der Waals surface area contributed by atoms with Crippen LogP contribution >= 0.6 is 0 Å². The Hall–Kier alpha value is -2.72. The lowest BCUT2D eigenvalue weighted by molar-refractivity contribution is 0.306. The van der Waals surface area contributed by atoms with Gasteiger partial charge in [0.25, 0.3) is 0 Å². The maximum absolute atomic E-state index is 5.93. The van der Waals surface area contributed by atoms with Crippen LogP contribution in [0, 0.1) is 0 Å². The van der Waals surface area contributed by atoms with Crippen molar-refractivity contribution in [2.75, 3.05) is 13.1 Å². The second kappa shape index (κ2) is 6.81. The summed E-state index contributed by atoms with van der Waals surface area (Å²) >= 11 is 0. The molecule has 0 unspecified atom stereocenters. The zero-order chi connectivity index (χ0) is 16.2. The van der Waals surface area contributed by atoms with Crippen LogP contribution < -0.4 is 10.1 Å². The average Bonchev–Trinajstić information content (AvgIpc) is 2.60. The maximum atomic E-state index is 5.93. The van der Waals surface area contributed by atoms with Crippen molar-refractivity contribution >= 4 is 0 Å². The number of hydrogen-bond acceptors (Lipinski definition) is 4. The Balaban J connectivity index is 1.57. The van der Waals surface area contributed by atoms with Crippen molar-refractivity contribution in [2.45, 2.75) is 12.5 Å². The Bertz CT molecular complexity index is 816. The lowest BCUT2D eigenvalue weighted by atomic mass is 9.94. The normalized spacial score (nSPS) is 14.2. The summed E-state index contributed by atoms with van der Waals surface area (Å²) < 4.78 is 5.93. The summed E-state index contributed by atoms with van der Waals surface area (Å²) in [5.74, 6) is 1.29. The van der Waals surface area contributed by atoms with Gasteiger partial charge >= 0.3 is 0 Å². The Kier molecular flexibility index (Phi) is 4.21. The van der Waals surface area contributed by atoms with Crippen LogP contribution in [0.5, 0.6) is 5.75 Å². The molecule has 3 aromatic rings. The Morgan fingerprint density at radius 2 is 1.79 bits per heavy atom. The number of ether oxygens (including phenoxy) is 1. The molecule has 1 aliphatic heterocycles. The highest BCUT2D eigenvalue weighted by Gasteiger charge is 2.24. The molecule has 0 saturated carbocycles. The molecule has 1 saturated heterocycles. The minimum absolute atomic E-state index is 0.447. The molecule has 4 nitrogen and oxygen atoms in total. The molecular weight excluding hydrogens is 298 g/mol. The van der Waals surface area contributed by atoms with Gasteiger partial charge < -0.3 is 10.1 Å². The molecule has 4 rings (SSSR count).